The minimum Gasteiger partial charge on any atom is -0.400 e. The molecule has 3 heteroatoms. The van der Waals surface area contributed by atoms with Crippen LogP contribution < -0.4 is 0 Å². The van der Waals surface area contributed by atoms with Crippen LogP contribution in [0.25, 0.3) is 0 Å². The van der Waals surface area contributed by atoms with Gasteiger partial charge >= 0.3 is 0 Å². The first kappa shape index (κ1) is 16.5. The van der Waals surface area contributed by atoms with Crippen molar-refractivity contribution >= 4 is 8.32 Å². The monoisotopic (exact) mass is 285 g/mol. The van der Waals surface area contributed by atoms with Gasteiger partial charge in [-0.15, -0.1) is 12.3 Å². The molecule has 0 aromatic heterocycles. The summed E-state index contributed by atoms with van der Waals surface area (Å²) in [5, 5.41) is 9.46. The largest absolute Gasteiger partial charge is 0.400 e. The number of benzene rings is 1. The Morgan fingerprint density at radius 2 is 1.95 bits per heavy atom. The minimum absolute atomic E-state index is 0.708. The lowest BCUT2D eigenvalue weighted by Crippen LogP contribution is -2.42. The lowest BCUT2D eigenvalue weighted by Gasteiger charge is -2.32. The van der Waals surface area contributed by atoms with Crippen molar-refractivity contribution in [2.45, 2.75) is 50.9 Å². The predicted octanol–water partition coefficient (Wildman–Crippen LogP) is 4.15. The van der Waals surface area contributed by atoms with Gasteiger partial charge in [0.1, 0.15) is 5.60 Å². The Morgan fingerprint density at radius 1 is 1.30 bits per heavy atom. The zero-order valence-corrected chi connectivity index (χ0v) is 13.6. The number of aryl methyl sites for hydroxylation is 1. The maximum atomic E-state index is 9.46. The molecule has 0 aliphatic carbocycles. The van der Waals surface area contributed by atoms with E-state index in [9.17, 15) is 5.26 Å². The zero-order chi connectivity index (χ0) is 15.1. The van der Waals surface area contributed by atoms with Gasteiger partial charge in [0, 0.05) is 6.42 Å². The van der Waals surface area contributed by atoms with Crippen molar-refractivity contribution in [3.05, 3.63) is 35.9 Å². The summed E-state index contributed by atoms with van der Waals surface area (Å²) < 4.78 is 6.18. The number of hydrogen-bond acceptors (Lipinski definition) is 2. The summed E-state index contributed by atoms with van der Waals surface area (Å²) in [7, 11) is -1.88. The summed E-state index contributed by atoms with van der Waals surface area (Å²) in [6.45, 7) is 6.14. The van der Waals surface area contributed by atoms with Crippen LogP contribution in [0.15, 0.2) is 30.3 Å². The van der Waals surface area contributed by atoms with E-state index in [1.165, 1.54) is 5.56 Å². The van der Waals surface area contributed by atoms with E-state index in [0.717, 1.165) is 18.9 Å². The topological polar surface area (TPSA) is 33.0 Å². The fraction of sp³-hybridized carbons (Fsp3) is 0.471. The number of rotatable bonds is 7. The number of hydrogen-bond donors (Lipinski definition) is 0. The van der Waals surface area contributed by atoms with Crippen LogP contribution in [0.2, 0.25) is 19.1 Å². The van der Waals surface area contributed by atoms with Crippen molar-refractivity contribution in [3.63, 3.8) is 0 Å². The number of nitrogens with zero attached hydrogens (tertiary/aromatic N) is 1. The molecule has 0 spiro atoms. The highest BCUT2D eigenvalue weighted by Crippen LogP contribution is 2.26. The van der Waals surface area contributed by atoms with Crippen LogP contribution in [0.5, 0.6) is 0 Å². The summed E-state index contributed by atoms with van der Waals surface area (Å²) in [6, 6.07) is 13.4. The molecule has 0 aliphatic heterocycles. The second kappa shape index (κ2) is 7.29. The van der Waals surface area contributed by atoms with Crippen LogP contribution in [0.3, 0.4) is 0 Å². The molecule has 1 unspecified atom stereocenters. The molecule has 0 fully saturated rings. The molecule has 0 saturated carbocycles. The van der Waals surface area contributed by atoms with Crippen molar-refractivity contribution in [2.75, 3.05) is 0 Å². The lowest BCUT2D eigenvalue weighted by molar-refractivity contribution is 0.128. The average Bonchev–Trinajstić information content (AvgIpc) is 2.44. The van der Waals surface area contributed by atoms with Gasteiger partial charge in [0.05, 0.1) is 6.07 Å². The maximum absolute atomic E-state index is 9.46. The second-order valence-electron chi connectivity index (χ2n) is 5.89. The van der Waals surface area contributed by atoms with E-state index in [0.29, 0.717) is 6.42 Å². The first-order chi connectivity index (χ1) is 9.41. The molecular weight excluding hydrogens is 262 g/mol. The SMILES string of the molecule is C#CCC[Si](C)(C)OC(C)(C#N)CCc1ccccc1. The molecule has 0 radical (unpaired) electrons. The third-order valence-electron chi connectivity index (χ3n) is 3.34. The van der Waals surface area contributed by atoms with Gasteiger partial charge in [-0.3, -0.25) is 0 Å². The molecule has 0 saturated heterocycles. The molecule has 1 aromatic carbocycles. The molecule has 1 atom stereocenters. The summed E-state index contributed by atoms with van der Waals surface area (Å²) in [6.07, 6.45) is 7.60. The van der Waals surface area contributed by atoms with Gasteiger partial charge in [0.2, 0.25) is 0 Å². The third kappa shape index (κ3) is 5.61. The van der Waals surface area contributed by atoms with Gasteiger partial charge in [-0.1, -0.05) is 30.3 Å². The van der Waals surface area contributed by atoms with E-state index in [1.807, 2.05) is 25.1 Å². The Hall–Kier alpha value is -1.55. The molecule has 0 amide bonds. The molecule has 0 N–H and O–H groups in total. The summed E-state index contributed by atoms with van der Waals surface area (Å²) in [5.41, 5.74) is 0.515. The van der Waals surface area contributed by atoms with E-state index in [1.54, 1.807) is 0 Å². The normalized spacial score (nSPS) is 14.1. The molecule has 0 bridgehead atoms. The smallest absolute Gasteiger partial charge is 0.189 e. The van der Waals surface area contributed by atoms with Gasteiger partial charge in [-0.2, -0.15) is 5.26 Å². The van der Waals surface area contributed by atoms with E-state index < -0.39 is 13.9 Å². The maximum Gasteiger partial charge on any atom is 0.189 e. The number of nitriles is 1. The van der Waals surface area contributed by atoms with Gasteiger partial charge < -0.3 is 4.43 Å². The predicted molar refractivity (Wildman–Crippen MR) is 85.6 cm³/mol. The third-order valence-corrected chi connectivity index (χ3v) is 5.80. The molecule has 0 heterocycles. The van der Waals surface area contributed by atoms with Crippen LogP contribution >= 0.6 is 0 Å². The van der Waals surface area contributed by atoms with Crippen molar-refractivity contribution in [1.82, 2.24) is 0 Å². The zero-order valence-electron chi connectivity index (χ0n) is 12.6. The Labute approximate surface area is 123 Å². The average molecular weight is 285 g/mol. The van der Waals surface area contributed by atoms with Gasteiger partial charge in [0.15, 0.2) is 8.32 Å². The molecule has 20 heavy (non-hydrogen) atoms. The first-order valence-electron chi connectivity index (χ1n) is 7.00. The van der Waals surface area contributed by atoms with E-state index in [4.69, 9.17) is 10.8 Å². The van der Waals surface area contributed by atoms with Gasteiger partial charge in [-0.25, -0.2) is 0 Å². The van der Waals surface area contributed by atoms with E-state index in [-0.39, 0.29) is 0 Å². The lowest BCUT2D eigenvalue weighted by atomic mass is 9.98. The first-order valence-corrected chi connectivity index (χ1v) is 10.1. The summed E-state index contributed by atoms with van der Waals surface area (Å²) in [5.74, 6) is 2.66. The molecule has 1 rings (SSSR count). The highest BCUT2D eigenvalue weighted by atomic mass is 28.4. The highest BCUT2D eigenvalue weighted by Gasteiger charge is 2.34. The van der Waals surface area contributed by atoms with Crippen molar-refractivity contribution < 1.29 is 4.43 Å². The van der Waals surface area contributed by atoms with Crippen LogP contribution in [0, 0.1) is 23.7 Å². The van der Waals surface area contributed by atoms with Crippen molar-refractivity contribution in [1.29, 1.82) is 5.26 Å². The van der Waals surface area contributed by atoms with Crippen LogP contribution in [0.1, 0.15) is 25.3 Å². The second-order valence-corrected chi connectivity index (χ2v) is 10.1. The minimum atomic E-state index is -1.88. The molecular formula is C17H23NOSi. The molecule has 1 aromatic rings. The quantitative estimate of drug-likeness (QED) is 0.557. The van der Waals surface area contributed by atoms with E-state index in [2.05, 4.69) is 37.2 Å². The van der Waals surface area contributed by atoms with Gasteiger partial charge in [0.25, 0.3) is 0 Å². The Bertz CT molecular complexity index is 498. The van der Waals surface area contributed by atoms with Crippen LogP contribution in [0.4, 0.5) is 0 Å². The van der Waals surface area contributed by atoms with Crippen LogP contribution in [-0.2, 0) is 10.8 Å². The van der Waals surface area contributed by atoms with Crippen molar-refractivity contribution in [2.24, 2.45) is 0 Å². The fourth-order valence-corrected chi connectivity index (χ4v) is 4.41. The van der Waals surface area contributed by atoms with E-state index >= 15 is 0 Å². The van der Waals surface area contributed by atoms with Crippen molar-refractivity contribution in [3.8, 4) is 18.4 Å². The Balaban J connectivity index is 2.63. The molecule has 106 valence electrons. The number of terminal acetylenes is 1. The standard InChI is InChI=1S/C17H23NOSi/c1-5-6-14-20(3,4)19-17(2,15-18)13-12-16-10-8-7-9-11-16/h1,7-11H,6,12-14H2,2-4H3. The highest BCUT2D eigenvalue weighted by molar-refractivity contribution is 6.71. The Morgan fingerprint density at radius 3 is 2.50 bits per heavy atom. The Kier molecular flexibility index (Phi) is 6.01. The van der Waals surface area contributed by atoms with Crippen LogP contribution in [-0.4, -0.2) is 13.9 Å². The molecule has 2 nitrogen and oxygen atoms in total. The van der Waals surface area contributed by atoms with Gasteiger partial charge in [-0.05, 0) is 44.5 Å². The summed E-state index contributed by atoms with van der Waals surface area (Å²) in [4.78, 5) is 0. The summed E-state index contributed by atoms with van der Waals surface area (Å²) >= 11 is 0. The molecule has 0 aliphatic rings. The fourth-order valence-electron chi connectivity index (χ4n) is 2.19.